The zero-order chi connectivity index (χ0) is 17.3. The molecule has 1 amide bonds. The summed E-state index contributed by atoms with van der Waals surface area (Å²) in [5, 5.41) is 2.98. The minimum Gasteiger partial charge on any atom is -0.466 e. The van der Waals surface area contributed by atoms with E-state index in [1.54, 1.807) is 18.3 Å². The maximum absolute atomic E-state index is 12.4. The van der Waals surface area contributed by atoms with Gasteiger partial charge in [0.25, 0.3) is 0 Å². The first-order chi connectivity index (χ1) is 11.5. The molecular formula is C16H20N6O2. The first kappa shape index (κ1) is 16.0. The molecule has 3 aromatic heterocycles. The van der Waals surface area contributed by atoms with Crippen molar-refractivity contribution in [1.82, 2.24) is 25.3 Å². The van der Waals surface area contributed by atoms with Gasteiger partial charge in [-0.15, -0.1) is 0 Å². The molecule has 0 unspecified atom stereocenters. The van der Waals surface area contributed by atoms with E-state index >= 15 is 0 Å². The molecule has 0 fully saturated rings. The van der Waals surface area contributed by atoms with E-state index < -0.39 is 0 Å². The maximum Gasteiger partial charge on any atom is 0.240 e. The van der Waals surface area contributed by atoms with Crippen molar-refractivity contribution in [1.29, 1.82) is 0 Å². The molecule has 0 saturated heterocycles. The molecule has 0 aliphatic heterocycles. The Balaban J connectivity index is 1.68. The molecule has 0 saturated carbocycles. The van der Waals surface area contributed by atoms with E-state index in [1.807, 2.05) is 26.8 Å². The highest BCUT2D eigenvalue weighted by Crippen LogP contribution is 2.21. The van der Waals surface area contributed by atoms with Gasteiger partial charge in [-0.25, -0.2) is 15.0 Å². The lowest BCUT2D eigenvalue weighted by atomic mass is 10.1. The van der Waals surface area contributed by atoms with E-state index in [0.717, 1.165) is 17.1 Å². The lowest BCUT2D eigenvalue weighted by Crippen LogP contribution is -2.37. The van der Waals surface area contributed by atoms with Crippen molar-refractivity contribution in [2.45, 2.75) is 26.8 Å². The average Bonchev–Trinajstić information content (AvgIpc) is 3.12. The number of nitrogens with zero attached hydrogens (tertiary/aromatic N) is 4. The van der Waals surface area contributed by atoms with Crippen molar-refractivity contribution in [2.24, 2.45) is 0 Å². The number of rotatable bonds is 5. The molecule has 1 atom stereocenters. The van der Waals surface area contributed by atoms with Crippen molar-refractivity contribution in [3.8, 4) is 0 Å². The summed E-state index contributed by atoms with van der Waals surface area (Å²) >= 11 is 0. The molecule has 0 radical (unpaired) electrons. The highest BCUT2D eigenvalue weighted by atomic mass is 16.3. The normalized spacial score (nSPS) is 12.3. The van der Waals surface area contributed by atoms with Crippen molar-refractivity contribution in [3.63, 3.8) is 0 Å². The molecule has 3 aromatic rings. The van der Waals surface area contributed by atoms with Crippen LogP contribution >= 0.6 is 0 Å². The number of nitrogens with one attached hydrogen (secondary N) is 2. The Morgan fingerprint density at radius 1 is 1.38 bits per heavy atom. The molecule has 3 heterocycles. The zero-order valence-electron chi connectivity index (χ0n) is 14.1. The summed E-state index contributed by atoms with van der Waals surface area (Å²) in [7, 11) is 1.81. The van der Waals surface area contributed by atoms with Crippen LogP contribution in [0.2, 0.25) is 0 Å². The summed E-state index contributed by atoms with van der Waals surface area (Å²) in [4.78, 5) is 29.5. The fourth-order valence-corrected chi connectivity index (χ4v) is 2.78. The smallest absolute Gasteiger partial charge is 0.240 e. The molecule has 24 heavy (non-hydrogen) atoms. The fourth-order valence-electron chi connectivity index (χ4n) is 2.78. The van der Waals surface area contributed by atoms with Gasteiger partial charge < -0.3 is 19.6 Å². The van der Waals surface area contributed by atoms with Crippen molar-refractivity contribution >= 4 is 22.9 Å². The molecule has 0 aliphatic carbocycles. The number of H-pyrrole nitrogens is 1. The van der Waals surface area contributed by atoms with E-state index in [0.29, 0.717) is 17.0 Å². The van der Waals surface area contributed by atoms with E-state index in [4.69, 9.17) is 4.42 Å². The Morgan fingerprint density at radius 3 is 2.88 bits per heavy atom. The summed E-state index contributed by atoms with van der Waals surface area (Å²) in [6.45, 7) is 5.90. The summed E-state index contributed by atoms with van der Waals surface area (Å²) < 4.78 is 5.52. The molecule has 0 bridgehead atoms. The van der Waals surface area contributed by atoms with Gasteiger partial charge >= 0.3 is 0 Å². The van der Waals surface area contributed by atoms with E-state index in [-0.39, 0.29) is 18.5 Å². The molecule has 8 nitrogen and oxygen atoms in total. The SMILES string of the molecule is Cc1cc([C@@H](C)NC(=O)CN(C)c2ncnc3nc[nH]c23)c(C)o1. The third-order valence-corrected chi connectivity index (χ3v) is 3.87. The Kier molecular flexibility index (Phi) is 4.20. The average molecular weight is 328 g/mol. The second-order valence-electron chi connectivity index (χ2n) is 5.81. The highest BCUT2D eigenvalue weighted by molar-refractivity contribution is 5.87. The van der Waals surface area contributed by atoms with E-state index in [1.165, 1.54) is 6.33 Å². The lowest BCUT2D eigenvalue weighted by molar-refractivity contribution is -0.120. The number of imidazole rings is 1. The lowest BCUT2D eigenvalue weighted by Gasteiger charge is -2.20. The van der Waals surface area contributed by atoms with E-state index in [9.17, 15) is 4.79 Å². The molecule has 8 heteroatoms. The van der Waals surface area contributed by atoms with Crippen LogP contribution in [0.1, 0.15) is 30.0 Å². The Morgan fingerprint density at radius 2 is 2.17 bits per heavy atom. The van der Waals surface area contributed by atoms with Crippen molar-refractivity contribution in [3.05, 3.63) is 35.8 Å². The van der Waals surface area contributed by atoms with Crippen LogP contribution in [-0.4, -0.2) is 39.4 Å². The zero-order valence-corrected chi connectivity index (χ0v) is 14.1. The third-order valence-electron chi connectivity index (χ3n) is 3.87. The summed E-state index contributed by atoms with van der Waals surface area (Å²) in [5.41, 5.74) is 2.27. The summed E-state index contributed by atoms with van der Waals surface area (Å²) in [6.07, 6.45) is 3.00. The molecule has 0 aliphatic rings. The van der Waals surface area contributed by atoms with Crippen LogP contribution in [0.3, 0.4) is 0 Å². The number of aryl methyl sites for hydroxylation is 2. The fraction of sp³-hybridized carbons (Fsp3) is 0.375. The number of carbonyl (C=O) groups excluding carboxylic acids is 1. The van der Waals surface area contributed by atoms with Gasteiger partial charge in [-0.3, -0.25) is 4.79 Å². The molecule has 3 rings (SSSR count). The minimum atomic E-state index is -0.124. The first-order valence-electron chi connectivity index (χ1n) is 7.67. The van der Waals surface area contributed by atoms with Crippen LogP contribution in [0.5, 0.6) is 0 Å². The van der Waals surface area contributed by atoms with Gasteiger partial charge in [0.05, 0.1) is 18.9 Å². The minimum absolute atomic E-state index is 0.102. The quantitative estimate of drug-likeness (QED) is 0.742. The van der Waals surface area contributed by atoms with E-state index in [2.05, 4.69) is 25.3 Å². The standard InChI is InChI=1S/C16H20N6O2/c1-9-5-12(11(3)24-9)10(2)21-13(23)6-22(4)16-14-15(18-7-17-14)19-8-20-16/h5,7-8,10H,6H2,1-4H3,(H,21,23)(H,17,18,19,20)/t10-/m1/s1. The van der Waals surface area contributed by atoms with Gasteiger partial charge in [0, 0.05) is 12.6 Å². The number of aromatic amines is 1. The number of hydrogen-bond acceptors (Lipinski definition) is 6. The van der Waals surface area contributed by atoms with Crippen LogP contribution < -0.4 is 10.2 Å². The van der Waals surface area contributed by atoms with Crippen molar-refractivity contribution in [2.75, 3.05) is 18.5 Å². The van der Waals surface area contributed by atoms with Crippen LogP contribution in [0.25, 0.3) is 11.2 Å². The van der Waals surface area contributed by atoms with Crippen LogP contribution in [-0.2, 0) is 4.79 Å². The Hall–Kier alpha value is -2.90. The van der Waals surface area contributed by atoms with Crippen molar-refractivity contribution < 1.29 is 9.21 Å². The number of fused-ring (bicyclic) bond motifs is 1. The first-order valence-corrected chi connectivity index (χ1v) is 7.67. The molecule has 126 valence electrons. The topological polar surface area (TPSA) is 99.9 Å². The van der Waals surface area contributed by atoms with Crippen LogP contribution in [0.15, 0.2) is 23.1 Å². The number of amides is 1. The van der Waals surface area contributed by atoms with Gasteiger partial charge in [0.2, 0.25) is 5.91 Å². The van der Waals surface area contributed by atoms with Crippen LogP contribution in [0, 0.1) is 13.8 Å². The van der Waals surface area contributed by atoms with Gasteiger partial charge in [0.15, 0.2) is 11.5 Å². The third kappa shape index (κ3) is 3.08. The molecule has 0 aromatic carbocycles. The van der Waals surface area contributed by atoms with Gasteiger partial charge in [-0.05, 0) is 26.8 Å². The van der Waals surface area contributed by atoms with Crippen LogP contribution in [0.4, 0.5) is 5.82 Å². The summed E-state index contributed by atoms with van der Waals surface area (Å²) in [6, 6.07) is 1.82. The number of anilines is 1. The number of furan rings is 1. The second-order valence-corrected chi connectivity index (χ2v) is 5.81. The van der Waals surface area contributed by atoms with Gasteiger partial charge in [-0.2, -0.15) is 0 Å². The Bertz CT molecular complexity index is 868. The largest absolute Gasteiger partial charge is 0.466 e. The maximum atomic E-state index is 12.4. The number of aromatic nitrogens is 4. The predicted molar refractivity (Wildman–Crippen MR) is 89.7 cm³/mol. The predicted octanol–water partition coefficient (Wildman–Crippen LogP) is 1.88. The van der Waals surface area contributed by atoms with Gasteiger partial charge in [0.1, 0.15) is 23.4 Å². The molecule has 2 N–H and O–H groups in total. The molecule has 0 spiro atoms. The number of hydrogen-bond donors (Lipinski definition) is 2. The summed E-state index contributed by atoms with van der Waals surface area (Å²) in [5.74, 6) is 2.19. The monoisotopic (exact) mass is 328 g/mol. The Labute approximate surface area is 139 Å². The second kappa shape index (κ2) is 6.31. The molecular weight excluding hydrogens is 308 g/mol. The highest BCUT2D eigenvalue weighted by Gasteiger charge is 2.18. The number of likely N-dealkylation sites (N-methyl/N-ethyl adjacent to an activating group) is 1. The number of carbonyl (C=O) groups is 1. The van der Waals surface area contributed by atoms with Gasteiger partial charge in [-0.1, -0.05) is 0 Å².